The van der Waals surface area contributed by atoms with E-state index in [9.17, 15) is 24.4 Å². The normalized spacial score (nSPS) is 16.9. The summed E-state index contributed by atoms with van der Waals surface area (Å²) in [6.07, 6.45) is 5.68. The van der Waals surface area contributed by atoms with Gasteiger partial charge >= 0.3 is 0 Å². The molecule has 10 heteroatoms. The second-order valence-electron chi connectivity index (χ2n) is 10.4. The summed E-state index contributed by atoms with van der Waals surface area (Å²) in [6, 6.07) is 10.2. The highest BCUT2D eigenvalue weighted by atomic mass is 16.5. The average molecular weight is 532 g/mol. The van der Waals surface area contributed by atoms with Gasteiger partial charge in [0.25, 0.3) is 11.8 Å². The molecule has 1 unspecified atom stereocenters. The van der Waals surface area contributed by atoms with E-state index in [1.807, 2.05) is 6.07 Å². The van der Waals surface area contributed by atoms with Gasteiger partial charge in [-0.3, -0.25) is 29.5 Å². The van der Waals surface area contributed by atoms with E-state index in [0.29, 0.717) is 48.7 Å². The molecule has 1 atom stereocenters. The van der Waals surface area contributed by atoms with Gasteiger partial charge in [0.2, 0.25) is 11.8 Å². The molecule has 3 heterocycles. The molecule has 0 aliphatic carbocycles. The molecule has 2 aliphatic heterocycles. The van der Waals surface area contributed by atoms with E-state index in [4.69, 9.17) is 4.74 Å². The Bertz CT molecular complexity index is 1320. The Morgan fingerprint density at radius 3 is 2.74 bits per heavy atom. The van der Waals surface area contributed by atoms with Crippen LogP contribution in [-0.2, 0) is 21.5 Å². The quantitative estimate of drug-likeness (QED) is 0.335. The molecule has 1 aromatic heterocycles. The zero-order chi connectivity index (χ0) is 28.0. The molecule has 0 saturated carbocycles. The summed E-state index contributed by atoms with van der Waals surface area (Å²) in [6.45, 7) is 4.94. The van der Waals surface area contributed by atoms with E-state index >= 15 is 0 Å². The number of hydrogen-bond donors (Lipinski definition) is 2. The van der Waals surface area contributed by atoms with Gasteiger partial charge in [-0.05, 0) is 69.0 Å². The number of piperidine rings is 1. The summed E-state index contributed by atoms with van der Waals surface area (Å²) >= 11 is 0. The van der Waals surface area contributed by atoms with Gasteiger partial charge in [0.1, 0.15) is 11.8 Å². The number of nitriles is 1. The first-order valence-corrected chi connectivity index (χ1v) is 13.3. The zero-order valence-electron chi connectivity index (χ0n) is 22.3. The van der Waals surface area contributed by atoms with Gasteiger partial charge in [0.15, 0.2) is 0 Å². The predicted octanol–water partition coefficient (Wildman–Crippen LogP) is 3.01. The molecule has 204 valence electrons. The van der Waals surface area contributed by atoms with Crippen molar-refractivity contribution in [3.8, 4) is 11.8 Å². The fraction of sp³-hybridized carbons (Fsp3) is 0.448. The Kier molecular flexibility index (Phi) is 8.59. The number of aromatic nitrogens is 1. The third kappa shape index (κ3) is 6.60. The van der Waals surface area contributed by atoms with Crippen molar-refractivity contribution in [2.24, 2.45) is 0 Å². The van der Waals surface area contributed by atoms with Crippen LogP contribution in [0.2, 0.25) is 0 Å². The maximum atomic E-state index is 12.8. The molecule has 2 aromatic rings. The lowest BCUT2D eigenvalue weighted by molar-refractivity contribution is -0.136. The number of hydrogen-bond acceptors (Lipinski definition) is 7. The lowest BCUT2D eigenvalue weighted by Gasteiger charge is -2.29. The molecule has 39 heavy (non-hydrogen) atoms. The number of nitrogens with zero attached hydrogens (tertiary/aromatic N) is 3. The molecule has 2 N–H and O–H groups in total. The fourth-order valence-corrected chi connectivity index (χ4v) is 4.69. The molecule has 0 radical (unpaired) electrons. The Balaban J connectivity index is 1.14. The van der Waals surface area contributed by atoms with E-state index < -0.39 is 17.4 Å². The predicted molar refractivity (Wildman–Crippen MR) is 142 cm³/mol. The van der Waals surface area contributed by atoms with Gasteiger partial charge < -0.3 is 15.0 Å². The number of amides is 4. The summed E-state index contributed by atoms with van der Waals surface area (Å²) < 4.78 is 5.88. The number of carbonyl (C=O) groups excluding carboxylic acids is 4. The number of nitrogens with one attached hydrogen (secondary N) is 2. The number of fused-ring (bicyclic) bond motifs is 1. The minimum absolute atomic E-state index is 0.179. The smallest absolute Gasteiger partial charge is 0.255 e. The largest absolute Gasteiger partial charge is 0.494 e. The number of imide groups is 1. The van der Waals surface area contributed by atoms with E-state index in [1.165, 1.54) is 4.90 Å². The highest BCUT2D eigenvalue weighted by Crippen LogP contribution is 2.30. The summed E-state index contributed by atoms with van der Waals surface area (Å²) in [5.74, 6) is -0.429. The van der Waals surface area contributed by atoms with E-state index in [-0.39, 0.29) is 24.1 Å². The molecule has 10 nitrogen and oxygen atoms in total. The molecule has 4 rings (SSSR count). The van der Waals surface area contributed by atoms with Crippen LogP contribution >= 0.6 is 0 Å². The lowest BCUT2D eigenvalue weighted by Crippen LogP contribution is -2.52. The van der Waals surface area contributed by atoms with Crippen LogP contribution < -0.4 is 15.4 Å². The second-order valence-corrected chi connectivity index (χ2v) is 10.4. The topological polar surface area (TPSA) is 141 Å². The maximum absolute atomic E-state index is 12.8. The Morgan fingerprint density at radius 1 is 1.18 bits per heavy atom. The molecular formula is C29H33N5O5. The number of ether oxygens (including phenoxy) is 1. The van der Waals surface area contributed by atoms with Crippen molar-refractivity contribution in [3.63, 3.8) is 0 Å². The standard InChI is InChI=1S/C29H33N5O5/c1-29(2,18-30)24-16-19(11-13-31-24)26(36)32-12-5-3-4-6-14-39-21-7-8-22-20(15-21)17-34(28(22)38)23-9-10-25(35)33-27(23)37/h7-8,11,13,15-16,23H,3-6,9-10,12,14,17H2,1-2H3,(H,32,36)(H,33,35,37). The van der Waals surface area contributed by atoms with Crippen LogP contribution in [-0.4, -0.2) is 52.7 Å². The van der Waals surface area contributed by atoms with Crippen LogP contribution in [0.4, 0.5) is 0 Å². The third-order valence-corrected chi connectivity index (χ3v) is 7.06. The summed E-state index contributed by atoms with van der Waals surface area (Å²) in [5.41, 5.74) is 1.68. The van der Waals surface area contributed by atoms with E-state index in [2.05, 4.69) is 21.7 Å². The maximum Gasteiger partial charge on any atom is 0.255 e. The second kappa shape index (κ2) is 12.1. The molecule has 1 saturated heterocycles. The highest BCUT2D eigenvalue weighted by molar-refractivity contribution is 6.05. The van der Waals surface area contributed by atoms with Gasteiger partial charge in [0, 0.05) is 36.8 Å². The van der Waals surface area contributed by atoms with Crippen molar-refractivity contribution in [2.45, 2.75) is 70.4 Å². The van der Waals surface area contributed by atoms with Crippen molar-refractivity contribution in [1.29, 1.82) is 5.26 Å². The van der Waals surface area contributed by atoms with Crippen molar-refractivity contribution in [1.82, 2.24) is 20.5 Å². The average Bonchev–Trinajstić information content (AvgIpc) is 3.25. The first kappa shape index (κ1) is 27.8. The minimum atomic E-state index is -0.758. The molecule has 0 bridgehead atoms. The van der Waals surface area contributed by atoms with Gasteiger partial charge in [-0.25, -0.2) is 0 Å². The lowest BCUT2D eigenvalue weighted by atomic mass is 9.90. The molecule has 2 aliphatic rings. The summed E-state index contributed by atoms with van der Waals surface area (Å²) in [4.78, 5) is 54.6. The van der Waals surface area contributed by atoms with Gasteiger partial charge in [0.05, 0.1) is 23.8 Å². The summed E-state index contributed by atoms with van der Waals surface area (Å²) in [5, 5.41) is 14.5. The number of rotatable bonds is 11. The van der Waals surface area contributed by atoms with Crippen molar-refractivity contribution in [3.05, 3.63) is 58.9 Å². The number of pyridine rings is 1. The Labute approximate surface area is 227 Å². The number of carbonyl (C=O) groups is 4. The van der Waals surface area contributed by atoms with Crippen LogP contribution in [0, 0.1) is 11.3 Å². The van der Waals surface area contributed by atoms with Crippen LogP contribution in [0.15, 0.2) is 36.5 Å². The molecular weight excluding hydrogens is 498 g/mol. The Morgan fingerprint density at radius 2 is 1.97 bits per heavy atom. The molecule has 1 fully saturated rings. The number of benzene rings is 1. The van der Waals surface area contributed by atoms with Crippen molar-refractivity contribution in [2.75, 3.05) is 13.2 Å². The van der Waals surface area contributed by atoms with Crippen LogP contribution in [0.3, 0.4) is 0 Å². The van der Waals surface area contributed by atoms with Crippen molar-refractivity contribution < 1.29 is 23.9 Å². The van der Waals surface area contributed by atoms with Gasteiger partial charge in [-0.2, -0.15) is 5.26 Å². The zero-order valence-corrected chi connectivity index (χ0v) is 22.3. The molecule has 0 spiro atoms. The third-order valence-electron chi connectivity index (χ3n) is 7.06. The SMILES string of the molecule is CC(C)(C#N)c1cc(C(=O)NCCCCCCOc2ccc3c(c2)CN(C2CCC(=O)NC2=O)C3=O)ccn1. The van der Waals surface area contributed by atoms with E-state index in [1.54, 1.807) is 44.3 Å². The monoisotopic (exact) mass is 531 g/mol. The Hall–Kier alpha value is -4.26. The molecule has 4 amide bonds. The van der Waals surface area contributed by atoms with Crippen LogP contribution in [0.5, 0.6) is 5.75 Å². The van der Waals surface area contributed by atoms with E-state index in [0.717, 1.165) is 31.2 Å². The van der Waals surface area contributed by atoms with Gasteiger partial charge in [-0.15, -0.1) is 0 Å². The minimum Gasteiger partial charge on any atom is -0.494 e. The summed E-state index contributed by atoms with van der Waals surface area (Å²) in [7, 11) is 0. The number of unbranched alkanes of at least 4 members (excludes halogenated alkanes) is 3. The van der Waals surface area contributed by atoms with Crippen LogP contribution in [0.25, 0.3) is 0 Å². The first-order chi connectivity index (χ1) is 18.7. The molecule has 1 aromatic carbocycles. The van der Waals surface area contributed by atoms with Crippen molar-refractivity contribution >= 4 is 23.6 Å². The van der Waals surface area contributed by atoms with Crippen LogP contribution in [0.1, 0.15) is 84.3 Å². The fourth-order valence-electron chi connectivity index (χ4n) is 4.69. The van der Waals surface area contributed by atoms with Gasteiger partial charge in [-0.1, -0.05) is 12.8 Å². The first-order valence-electron chi connectivity index (χ1n) is 13.3. The highest BCUT2D eigenvalue weighted by Gasteiger charge is 2.39.